The maximum atomic E-state index is 13.4. The van der Waals surface area contributed by atoms with Gasteiger partial charge in [0.25, 0.3) is 17.4 Å². The summed E-state index contributed by atoms with van der Waals surface area (Å²) in [5.74, 6) is -0.564. The molecule has 1 fully saturated rings. The summed E-state index contributed by atoms with van der Waals surface area (Å²) in [6.45, 7) is 0.0881. The third-order valence-corrected chi connectivity index (χ3v) is 7.59. The number of para-hydroxylation sites is 1. The number of carbonyl (C=O) groups is 2. The van der Waals surface area contributed by atoms with E-state index < -0.39 is 23.2 Å². The van der Waals surface area contributed by atoms with Crippen LogP contribution in [-0.2, 0) is 16.0 Å². The van der Waals surface area contributed by atoms with Gasteiger partial charge in [0.2, 0.25) is 0 Å². The molecule has 0 spiro atoms. The number of nitrogens with zero attached hydrogens (tertiary/aromatic N) is 3. The number of fused-ring (bicyclic) bond motifs is 1. The molecule has 2 atom stereocenters. The number of hydrogen-bond acceptors (Lipinski definition) is 7. The highest BCUT2D eigenvalue weighted by molar-refractivity contribution is 9.10. The average molecular weight is 646 g/mol. The fraction of sp³-hybridized carbons (Fsp3) is 0.185. The number of amides is 2. The minimum atomic E-state index is -0.860. The summed E-state index contributed by atoms with van der Waals surface area (Å²) >= 11 is 15.8. The van der Waals surface area contributed by atoms with Gasteiger partial charge in [-0.25, -0.2) is 14.7 Å². The first kappa shape index (κ1) is 27.8. The zero-order valence-corrected chi connectivity index (χ0v) is 23.9. The second-order valence-electron chi connectivity index (χ2n) is 9.00. The fourth-order valence-corrected chi connectivity index (χ4v) is 5.27. The van der Waals surface area contributed by atoms with Crippen LogP contribution in [0.25, 0.3) is 10.9 Å². The molecule has 5 rings (SSSR count). The molecule has 0 radical (unpaired) electrons. The van der Waals surface area contributed by atoms with Crippen molar-refractivity contribution in [3.05, 3.63) is 98.0 Å². The van der Waals surface area contributed by atoms with Crippen molar-refractivity contribution in [3.63, 3.8) is 0 Å². The van der Waals surface area contributed by atoms with Crippen molar-refractivity contribution in [2.45, 2.75) is 17.8 Å². The second-order valence-corrected chi connectivity index (χ2v) is 10.8. The van der Waals surface area contributed by atoms with Crippen LogP contribution in [-0.4, -0.2) is 50.1 Å². The lowest BCUT2D eigenvalue weighted by Crippen LogP contribution is -2.64. The molecule has 4 N–H and O–H groups in total. The van der Waals surface area contributed by atoms with Crippen molar-refractivity contribution in [2.24, 2.45) is 0 Å². The summed E-state index contributed by atoms with van der Waals surface area (Å²) in [5, 5.41) is 14.0. The lowest BCUT2D eigenvalue weighted by atomic mass is 9.95. The number of benzene rings is 3. The van der Waals surface area contributed by atoms with Gasteiger partial charge in [0.15, 0.2) is 0 Å². The van der Waals surface area contributed by atoms with Crippen molar-refractivity contribution < 1.29 is 14.7 Å². The fourth-order valence-electron chi connectivity index (χ4n) is 4.34. The first-order valence-electron chi connectivity index (χ1n) is 12.2. The number of carbonyl (C=O) groups excluding carboxylic acids is 2. The second kappa shape index (κ2) is 11.7. The molecule has 4 aromatic rings. The van der Waals surface area contributed by atoms with E-state index in [1.807, 2.05) is 18.2 Å². The first-order chi connectivity index (χ1) is 19.2. The normalized spacial score (nSPS) is 16.5. The zero-order valence-electron chi connectivity index (χ0n) is 20.8. The summed E-state index contributed by atoms with van der Waals surface area (Å²) in [4.78, 5) is 43.3. The van der Waals surface area contributed by atoms with Gasteiger partial charge in [0.05, 0.1) is 21.6 Å². The summed E-state index contributed by atoms with van der Waals surface area (Å²) in [5.41, 5.74) is 6.93. The number of alkyl halides is 1. The van der Waals surface area contributed by atoms with E-state index in [1.54, 1.807) is 36.4 Å². The number of hydrogen-bond donors (Lipinski definition) is 4. The van der Waals surface area contributed by atoms with Crippen LogP contribution in [0.2, 0.25) is 5.02 Å². The molecule has 13 heteroatoms. The highest BCUT2D eigenvalue weighted by atomic mass is 79.9. The highest BCUT2D eigenvalue weighted by Gasteiger charge is 2.48. The molecule has 0 bridgehead atoms. The van der Waals surface area contributed by atoms with E-state index in [9.17, 15) is 19.5 Å². The predicted octanol–water partition coefficient (Wildman–Crippen LogP) is 3.94. The monoisotopic (exact) mass is 644 g/mol. The van der Waals surface area contributed by atoms with E-state index in [2.05, 4.69) is 37.1 Å². The SMILES string of the molecule is O=C(CNn1c(CCNc2ccccc2Cl)nc2ccc(Br)cc2c1=O)NN1C(=O)C(Cl)C1c1ccc(O)cc1. The number of phenolic OH excluding ortho intramolecular Hbond substituents is 1. The van der Waals surface area contributed by atoms with Crippen molar-refractivity contribution >= 4 is 67.5 Å². The number of hydrazine groups is 1. The molecule has 2 heterocycles. The molecule has 206 valence electrons. The van der Waals surface area contributed by atoms with Crippen LogP contribution < -0.4 is 21.7 Å². The van der Waals surface area contributed by atoms with Gasteiger partial charge >= 0.3 is 0 Å². The van der Waals surface area contributed by atoms with Crippen LogP contribution in [0.5, 0.6) is 5.75 Å². The van der Waals surface area contributed by atoms with Gasteiger partial charge in [-0.1, -0.05) is 51.8 Å². The van der Waals surface area contributed by atoms with Gasteiger partial charge in [-0.15, -0.1) is 11.6 Å². The zero-order chi connectivity index (χ0) is 28.4. The Labute approximate surface area is 247 Å². The van der Waals surface area contributed by atoms with Gasteiger partial charge in [-0.3, -0.25) is 19.8 Å². The lowest BCUT2D eigenvalue weighted by Gasteiger charge is -2.43. The lowest BCUT2D eigenvalue weighted by molar-refractivity contribution is -0.156. The topological polar surface area (TPSA) is 129 Å². The van der Waals surface area contributed by atoms with Crippen LogP contribution in [0.15, 0.2) is 76.0 Å². The Kier molecular flexibility index (Phi) is 8.15. The molecule has 0 aliphatic carbocycles. The number of β-lactam (4-membered cyclic amide) rings is 1. The van der Waals surface area contributed by atoms with E-state index in [0.717, 1.165) is 10.7 Å². The van der Waals surface area contributed by atoms with Crippen molar-refractivity contribution in [1.82, 2.24) is 20.1 Å². The number of nitrogens with one attached hydrogen (secondary N) is 3. The van der Waals surface area contributed by atoms with Crippen LogP contribution in [0.4, 0.5) is 5.69 Å². The van der Waals surface area contributed by atoms with Gasteiger partial charge in [0, 0.05) is 17.4 Å². The van der Waals surface area contributed by atoms with E-state index in [1.165, 1.54) is 16.8 Å². The van der Waals surface area contributed by atoms with Crippen LogP contribution in [0, 0.1) is 0 Å². The maximum absolute atomic E-state index is 13.4. The molecule has 10 nitrogen and oxygen atoms in total. The molecule has 2 unspecified atom stereocenters. The highest BCUT2D eigenvalue weighted by Crippen LogP contribution is 2.37. The standard InChI is InChI=1S/C27H23BrCl2N6O4/c28-16-7-10-20-18(13-16)26(39)35(22(33-20)11-12-31-21-4-2-1-3-19(21)29)32-14-23(38)34-36-25(24(30)27(36)40)15-5-8-17(37)9-6-15/h1-10,13,24-25,31-32,37H,11-12,14H2,(H,34,38). The van der Waals surface area contributed by atoms with Crippen molar-refractivity contribution in [1.29, 1.82) is 0 Å². The van der Waals surface area contributed by atoms with Crippen LogP contribution in [0.3, 0.4) is 0 Å². The van der Waals surface area contributed by atoms with E-state index in [-0.39, 0.29) is 17.9 Å². The Morgan fingerprint density at radius 2 is 1.82 bits per heavy atom. The van der Waals surface area contributed by atoms with Crippen LogP contribution in [0.1, 0.15) is 17.4 Å². The average Bonchev–Trinajstić information content (AvgIpc) is 2.94. The molecule has 1 saturated heterocycles. The number of halogens is 3. The van der Waals surface area contributed by atoms with E-state index >= 15 is 0 Å². The number of rotatable bonds is 9. The Morgan fingerprint density at radius 3 is 2.58 bits per heavy atom. The maximum Gasteiger partial charge on any atom is 0.280 e. The Bertz CT molecular complexity index is 1650. The predicted molar refractivity (Wildman–Crippen MR) is 157 cm³/mol. The van der Waals surface area contributed by atoms with Crippen molar-refractivity contribution in [2.75, 3.05) is 23.8 Å². The summed E-state index contributed by atoms with van der Waals surface area (Å²) in [7, 11) is 0. The molecular weight excluding hydrogens is 623 g/mol. The molecule has 2 amide bonds. The van der Waals surface area contributed by atoms with Gasteiger partial charge in [0.1, 0.15) is 29.5 Å². The molecule has 1 aliphatic heterocycles. The molecule has 0 saturated carbocycles. The van der Waals surface area contributed by atoms with Gasteiger partial charge < -0.3 is 15.8 Å². The number of aromatic nitrogens is 2. The molecule has 40 heavy (non-hydrogen) atoms. The van der Waals surface area contributed by atoms with Gasteiger partial charge in [-0.05, 0) is 48.0 Å². The third-order valence-electron chi connectivity index (χ3n) is 6.34. The molecule has 1 aromatic heterocycles. The van der Waals surface area contributed by atoms with Crippen LogP contribution >= 0.6 is 39.1 Å². The van der Waals surface area contributed by atoms with E-state index in [4.69, 9.17) is 23.2 Å². The largest absolute Gasteiger partial charge is 0.508 e. The first-order valence-corrected chi connectivity index (χ1v) is 13.8. The summed E-state index contributed by atoms with van der Waals surface area (Å²) in [6, 6.07) is 18.1. The number of phenols is 1. The summed E-state index contributed by atoms with van der Waals surface area (Å²) < 4.78 is 1.95. The quantitative estimate of drug-likeness (QED) is 0.160. The molecular formula is C27H23BrCl2N6O4. The third kappa shape index (κ3) is 5.72. The van der Waals surface area contributed by atoms with E-state index in [0.29, 0.717) is 44.8 Å². The summed E-state index contributed by atoms with van der Waals surface area (Å²) in [6.07, 6.45) is 0.336. The number of aromatic hydroxyl groups is 1. The Morgan fingerprint density at radius 1 is 1.07 bits per heavy atom. The number of anilines is 1. The Hall–Kier alpha value is -3.80. The molecule has 3 aromatic carbocycles. The minimum absolute atomic E-state index is 0.0691. The minimum Gasteiger partial charge on any atom is -0.508 e. The molecule has 1 aliphatic rings. The smallest absolute Gasteiger partial charge is 0.280 e. The van der Waals surface area contributed by atoms with Gasteiger partial charge in [-0.2, -0.15) is 0 Å². The van der Waals surface area contributed by atoms with Crippen molar-refractivity contribution in [3.8, 4) is 5.75 Å². The Balaban J connectivity index is 1.32.